The van der Waals surface area contributed by atoms with E-state index in [-0.39, 0.29) is 17.5 Å². The maximum atomic E-state index is 14.8. The van der Waals surface area contributed by atoms with Crippen LogP contribution in [0, 0.1) is 17.1 Å². The van der Waals surface area contributed by atoms with E-state index in [1.54, 1.807) is 18.2 Å². The molecule has 0 bridgehead atoms. The van der Waals surface area contributed by atoms with E-state index < -0.39 is 5.82 Å². The lowest BCUT2D eigenvalue weighted by Gasteiger charge is -2.31. The van der Waals surface area contributed by atoms with Gasteiger partial charge in [-0.2, -0.15) is 5.26 Å². The molecule has 1 aromatic carbocycles. The Morgan fingerprint density at radius 1 is 1.25 bits per heavy atom. The van der Waals surface area contributed by atoms with Gasteiger partial charge in [-0.05, 0) is 69.0 Å². The molecule has 2 atom stereocenters. The highest BCUT2D eigenvalue weighted by atomic mass is 32.1. The molecule has 2 aliphatic heterocycles. The van der Waals surface area contributed by atoms with Gasteiger partial charge in [0.15, 0.2) is 0 Å². The van der Waals surface area contributed by atoms with Crippen molar-refractivity contribution in [1.82, 2.24) is 9.80 Å². The first kappa shape index (κ1) is 19.1. The second kappa shape index (κ2) is 8.02. The Hall–Kier alpha value is -2.23. The zero-order valence-electron chi connectivity index (χ0n) is 16.0. The molecule has 0 aliphatic carbocycles. The maximum absolute atomic E-state index is 14.8. The summed E-state index contributed by atoms with van der Waals surface area (Å²) >= 11 is 1.32. The third-order valence-corrected chi connectivity index (χ3v) is 7.01. The molecule has 4 rings (SSSR count). The van der Waals surface area contributed by atoms with Crippen molar-refractivity contribution in [3.05, 3.63) is 46.6 Å². The van der Waals surface area contributed by atoms with Crippen molar-refractivity contribution in [2.24, 2.45) is 0 Å². The lowest BCUT2D eigenvalue weighted by molar-refractivity contribution is 0.0692. The van der Waals surface area contributed by atoms with Gasteiger partial charge in [0.05, 0.1) is 5.56 Å². The topological polar surface area (TPSA) is 47.3 Å². The van der Waals surface area contributed by atoms with Crippen LogP contribution < -0.4 is 0 Å². The van der Waals surface area contributed by atoms with E-state index in [2.05, 4.69) is 17.9 Å². The smallest absolute Gasteiger partial charge is 0.257 e. The van der Waals surface area contributed by atoms with Crippen LogP contribution in [0.15, 0.2) is 30.3 Å². The van der Waals surface area contributed by atoms with Crippen LogP contribution in [0.2, 0.25) is 0 Å². The minimum atomic E-state index is -0.491. The van der Waals surface area contributed by atoms with Gasteiger partial charge >= 0.3 is 0 Å². The number of halogens is 1. The third kappa shape index (κ3) is 3.69. The Kier molecular flexibility index (Phi) is 5.47. The van der Waals surface area contributed by atoms with E-state index in [1.807, 2.05) is 11.0 Å². The Morgan fingerprint density at radius 2 is 2.07 bits per heavy atom. The van der Waals surface area contributed by atoms with Gasteiger partial charge in [-0.15, -0.1) is 11.3 Å². The number of likely N-dealkylation sites (tertiary alicyclic amines) is 2. The standard InChI is InChI=1S/C22H24FN3OS/c1-15-4-2-10-25(15)14-17-5-3-11-26(17)22(27)19-8-6-16(12-20(19)23)21-9-7-18(13-24)28-21/h6-9,12,15,17H,2-5,10-11,14H2,1H3/t15-,17?/m0/s1. The minimum Gasteiger partial charge on any atom is -0.334 e. The Balaban J connectivity index is 1.51. The SMILES string of the molecule is C[C@H]1CCCN1CC1CCCN1C(=O)c1ccc(-c2ccc(C#N)s2)cc1F. The molecule has 2 fully saturated rings. The molecule has 6 heteroatoms. The fraction of sp³-hybridized carbons (Fsp3) is 0.455. The molecule has 0 N–H and O–H groups in total. The fourth-order valence-electron chi connectivity index (χ4n) is 4.38. The highest BCUT2D eigenvalue weighted by Crippen LogP contribution is 2.30. The number of amides is 1. The van der Waals surface area contributed by atoms with Gasteiger partial charge in [0.25, 0.3) is 5.91 Å². The van der Waals surface area contributed by atoms with Crippen LogP contribution in [-0.2, 0) is 0 Å². The van der Waals surface area contributed by atoms with E-state index in [0.29, 0.717) is 23.0 Å². The molecule has 1 amide bonds. The lowest BCUT2D eigenvalue weighted by atomic mass is 10.1. The van der Waals surface area contributed by atoms with E-state index in [1.165, 1.54) is 30.2 Å². The van der Waals surface area contributed by atoms with E-state index in [0.717, 1.165) is 30.8 Å². The fourth-order valence-corrected chi connectivity index (χ4v) is 5.18. The van der Waals surface area contributed by atoms with E-state index >= 15 is 0 Å². The summed E-state index contributed by atoms with van der Waals surface area (Å²) in [5.41, 5.74) is 0.839. The predicted octanol–water partition coefficient (Wildman–Crippen LogP) is 4.51. The molecule has 1 aromatic heterocycles. The summed E-state index contributed by atoms with van der Waals surface area (Å²) in [7, 11) is 0. The molecular formula is C22H24FN3OS. The molecule has 2 aromatic rings. The summed E-state index contributed by atoms with van der Waals surface area (Å²) in [5.74, 6) is -0.697. The van der Waals surface area contributed by atoms with Crippen molar-refractivity contribution in [2.75, 3.05) is 19.6 Å². The van der Waals surface area contributed by atoms with Gasteiger partial charge < -0.3 is 4.90 Å². The van der Waals surface area contributed by atoms with Crippen molar-refractivity contribution in [2.45, 2.75) is 44.7 Å². The first-order chi connectivity index (χ1) is 13.6. The number of hydrogen-bond acceptors (Lipinski definition) is 4. The minimum absolute atomic E-state index is 0.141. The van der Waals surface area contributed by atoms with Gasteiger partial charge in [-0.25, -0.2) is 4.39 Å². The first-order valence-corrected chi connectivity index (χ1v) is 10.7. The first-order valence-electron chi connectivity index (χ1n) is 9.91. The van der Waals surface area contributed by atoms with Crippen LogP contribution >= 0.6 is 11.3 Å². The highest BCUT2D eigenvalue weighted by molar-refractivity contribution is 7.16. The van der Waals surface area contributed by atoms with Crippen LogP contribution in [0.1, 0.15) is 47.8 Å². The number of nitriles is 1. The van der Waals surface area contributed by atoms with E-state index in [4.69, 9.17) is 5.26 Å². The van der Waals surface area contributed by atoms with Crippen LogP contribution in [0.3, 0.4) is 0 Å². The van der Waals surface area contributed by atoms with Gasteiger partial charge in [0.2, 0.25) is 0 Å². The molecule has 4 nitrogen and oxygen atoms in total. The van der Waals surface area contributed by atoms with Gasteiger partial charge in [0, 0.05) is 30.1 Å². The quantitative estimate of drug-likeness (QED) is 0.762. The maximum Gasteiger partial charge on any atom is 0.257 e. The number of hydrogen-bond donors (Lipinski definition) is 0. The second-order valence-corrected chi connectivity index (χ2v) is 8.83. The third-order valence-electron chi connectivity index (χ3n) is 5.97. The van der Waals surface area contributed by atoms with Crippen LogP contribution in [-0.4, -0.2) is 47.4 Å². The lowest BCUT2D eigenvalue weighted by Crippen LogP contribution is -2.44. The van der Waals surface area contributed by atoms with E-state index in [9.17, 15) is 9.18 Å². The van der Waals surface area contributed by atoms with Gasteiger partial charge in [-0.3, -0.25) is 9.69 Å². The van der Waals surface area contributed by atoms with Crippen molar-refractivity contribution < 1.29 is 9.18 Å². The van der Waals surface area contributed by atoms with Crippen molar-refractivity contribution in [1.29, 1.82) is 5.26 Å². The monoisotopic (exact) mass is 397 g/mol. The van der Waals surface area contributed by atoms with Crippen molar-refractivity contribution in [3.8, 4) is 16.5 Å². The molecule has 0 saturated carbocycles. The highest BCUT2D eigenvalue weighted by Gasteiger charge is 2.33. The molecule has 2 aliphatic rings. The number of benzene rings is 1. The summed E-state index contributed by atoms with van der Waals surface area (Å²) in [6, 6.07) is 11.1. The summed E-state index contributed by atoms with van der Waals surface area (Å²) in [5, 5.41) is 8.97. The number of carbonyl (C=O) groups is 1. The Bertz CT molecular complexity index is 919. The number of carbonyl (C=O) groups excluding carboxylic acids is 1. The van der Waals surface area contributed by atoms with Gasteiger partial charge in [0.1, 0.15) is 16.8 Å². The summed E-state index contributed by atoms with van der Waals surface area (Å²) in [6.45, 7) is 4.92. The number of nitrogens with zero attached hydrogens (tertiary/aromatic N) is 3. The normalized spacial score (nSPS) is 22.5. The summed E-state index contributed by atoms with van der Waals surface area (Å²) < 4.78 is 14.8. The summed E-state index contributed by atoms with van der Waals surface area (Å²) in [4.78, 5) is 18.8. The average molecular weight is 398 g/mol. The summed E-state index contributed by atoms with van der Waals surface area (Å²) in [6.07, 6.45) is 4.40. The zero-order valence-corrected chi connectivity index (χ0v) is 16.8. The molecule has 146 valence electrons. The molecule has 1 unspecified atom stereocenters. The van der Waals surface area contributed by atoms with Crippen LogP contribution in [0.4, 0.5) is 4.39 Å². The number of rotatable bonds is 4. The molecule has 28 heavy (non-hydrogen) atoms. The van der Waals surface area contributed by atoms with Crippen molar-refractivity contribution >= 4 is 17.2 Å². The number of thiophene rings is 1. The Labute approximate surface area is 169 Å². The van der Waals surface area contributed by atoms with Crippen LogP contribution in [0.25, 0.3) is 10.4 Å². The largest absolute Gasteiger partial charge is 0.334 e. The molecule has 3 heterocycles. The van der Waals surface area contributed by atoms with Gasteiger partial charge in [-0.1, -0.05) is 6.07 Å². The van der Waals surface area contributed by atoms with Crippen LogP contribution in [0.5, 0.6) is 0 Å². The molecule has 0 spiro atoms. The zero-order chi connectivity index (χ0) is 19.7. The average Bonchev–Trinajstić information content (AvgIpc) is 3.43. The molecule has 2 saturated heterocycles. The Morgan fingerprint density at radius 3 is 2.75 bits per heavy atom. The molecule has 0 radical (unpaired) electrons. The second-order valence-electron chi connectivity index (χ2n) is 7.75. The van der Waals surface area contributed by atoms with Crippen molar-refractivity contribution in [3.63, 3.8) is 0 Å². The molecular weight excluding hydrogens is 373 g/mol. The predicted molar refractivity (Wildman–Crippen MR) is 109 cm³/mol.